The number of piperidine rings is 1. The van der Waals surface area contributed by atoms with Crippen LogP contribution >= 0.6 is 0 Å². The van der Waals surface area contributed by atoms with Crippen molar-refractivity contribution in [2.45, 2.75) is 18.9 Å². The highest BCUT2D eigenvalue weighted by Crippen LogP contribution is 2.13. The normalized spacial score (nSPS) is 17.7. The van der Waals surface area contributed by atoms with Gasteiger partial charge in [0.05, 0.1) is 0 Å². The first-order valence-corrected chi connectivity index (χ1v) is 6.10. The van der Waals surface area contributed by atoms with Crippen molar-refractivity contribution in [3.63, 3.8) is 0 Å². The molecule has 0 bridgehead atoms. The first-order chi connectivity index (χ1) is 8.54. The monoisotopic (exact) mass is 251 g/mol. The van der Waals surface area contributed by atoms with Gasteiger partial charge >= 0.3 is 0 Å². The van der Waals surface area contributed by atoms with Crippen molar-refractivity contribution in [3.05, 3.63) is 29.6 Å². The number of nitrogen functional groups attached to an aromatic ring is 1. The second-order valence-corrected chi connectivity index (χ2v) is 4.82. The molecular formula is C13H18FN3O. The number of halogens is 1. The van der Waals surface area contributed by atoms with Crippen molar-refractivity contribution in [3.8, 4) is 0 Å². The lowest BCUT2D eigenvalue weighted by Gasteiger charge is -2.29. The Morgan fingerprint density at radius 3 is 2.67 bits per heavy atom. The van der Waals surface area contributed by atoms with Crippen LogP contribution in [-0.2, 0) is 0 Å². The molecular weight excluding hydrogens is 233 g/mol. The quantitative estimate of drug-likeness (QED) is 0.777. The van der Waals surface area contributed by atoms with E-state index < -0.39 is 5.82 Å². The number of likely N-dealkylation sites (tertiary alicyclic amines) is 1. The third-order valence-corrected chi connectivity index (χ3v) is 3.24. The highest BCUT2D eigenvalue weighted by Gasteiger charge is 2.19. The Kier molecular flexibility index (Phi) is 3.81. The molecule has 1 aromatic carbocycles. The number of nitrogens with zero attached hydrogens (tertiary/aromatic N) is 1. The molecule has 0 saturated carbocycles. The number of nitrogens with one attached hydrogen (secondary N) is 1. The molecule has 0 atom stereocenters. The van der Waals surface area contributed by atoms with Crippen LogP contribution in [0.4, 0.5) is 10.1 Å². The summed E-state index contributed by atoms with van der Waals surface area (Å²) in [6.45, 7) is 1.94. The number of nitrogens with two attached hydrogens (primary N) is 1. The van der Waals surface area contributed by atoms with Gasteiger partial charge in [-0.3, -0.25) is 4.79 Å². The molecule has 0 spiro atoms. The second kappa shape index (κ2) is 5.35. The first-order valence-electron chi connectivity index (χ1n) is 6.10. The summed E-state index contributed by atoms with van der Waals surface area (Å²) in [4.78, 5) is 14.2. The minimum absolute atomic E-state index is 0.165. The summed E-state index contributed by atoms with van der Waals surface area (Å²) in [6.07, 6.45) is 1.85. The summed E-state index contributed by atoms with van der Waals surface area (Å²) in [7, 11) is 2.06. The lowest BCUT2D eigenvalue weighted by atomic mass is 10.0. The van der Waals surface area contributed by atoms with Crippen molar-refractivity contribution in [1.82, 2.24) is 10.2 Å². The SMILES string of the molecule is CN1CCC(NC(=O)c2cc(N)cc(F)c2)CC1. The van der Waals surface area contributed by atoms with Crippen LogP contribution in [0.3, 0.4) is 0 Å². The second-order valence-electron chi connectivity index (χ2n) is 4.82. The number of carbonyl (C=O) groups is 1. The summed E-state index contributed by atoms with van der Waals surface area (Å²) in [5.74, 6) is -0.737. The maximum absolute atomic E-state index is 13.2. The topological polar surface area (TPSA) is 58.4 Å². The van der Waals surface area contributed by atoms with E-state index in [0.29, 0.717) is 0 Å². The van der Waals surface area contributed by atoms with Gasteiger partial charge in [-0.25, -0.2) is 4.39 Å². The largest absolute Gasteiger partial charge is 0.399 e. The van der Waals surface area contributed by atoms with E-state index in [2.05, 4.69) is 17.3 Å². The summed E-state index contributed by atoms with van der Waals surface area (Å²) in [5.41, 5.74) is 6.07. The first kappa shape index (κ1) is 12.8. The molecule has 1 saturated heterocycles. The lowest BCUT2D eigenvalue weighted by Crippen LogP contribution is -2.43. The van der Waals surface area contributed by atoms with Crippen LogP contribution in [0.15, 0.2) is 18.2 Å². The van der Waals surface area contributed by atoms with Gasteiger partial charge in [-0.05, 0) is 51.2 Å². The number of benzene rings is 1. The molecule has 1 aromatic rings. The fraction of sp³-hybridized carbons (Fsp3) is 0.462. The van der Waals surface area contributed by atoms with Gasteiger partial charge in [0.1, 0.15) is 5.82 Å². The standard InChI is InChI=1S/C13H18FN3O/c1-17-4-2-12(3-5-17)16-13(18)9-6-10(14)8-11(15)7-9/h6-8,12H,2-5,15H2,1H3,(H,16,18). The zero-order valence-corrected chi connectivity index (χ0v) is 10.4. The Hall–Kier alpha value is -1.62. The van der Waals surface area contributed by atoms with Gasteiger partial charge in [-0.15, -0.1) is 0 Å². The van der Waals surface area contributed by atoms with E-state index in [9.17, 15) is 9.18 Å². The molecule has 3 N–H and O–H groups in total. The molecule has 1 fully saturated rings. The third kappa shape index (κ3) is 3.20. The van der Waals surface area contributed by atoms with E-state index in [4.69, 9.17) is 5.73 Å². The predicted octanol–water partition coefficient (Wildman–Crippen LogP) is 1.23. The van der Waals surface area contributed by atoms with Crippen molar-refractivity contribution >= 4 is 11.6 Å². The minimum atomic E-state index is -0.483. The Balaban J connectivity index is 1.99. The van der Waals surface area contributed by atoms with Crippen LogP contribution in [0, 0.1) is 5.82 Å². The fourth-order valence-electron chi connectivity index (χ4n) is 2.17. The van der Waals surface area contributed by atoms with E-state index >= 15 is 0 Å². The van der Waals surface area contributed by atoms with Gasteiger partial charge in [-0.1, -0.05) is 0 Å². The van der Waals surface area contributed by atoms with Crippen LogP contribution in [0.2, 0.25) is 0 Å². The molecule has 0 unspecified atom stereocenters. The highest BCUT2D eigenvalue weighted by atomic mass is 19.1. The molecule has 98 valence electrons. The van der Waals surface area contributed by atoms with Crippen molar-refractivity contribution < 1.29 is 9.18 Å². The average molecular weight is 251 g/mol. The third-order valence-electron chi connectivity index (χ3n) is 3.24. The van der Waals surface area contributed by atoms with Crippen LogP contribution in [-0.4, -0.2) is 37.0 Å². The molecule has 2 rings (SSSR count). The predicted molar refractivity (Wildman–Crippen MR) is 68.8 cm³/mol. The number of rotatable bonds is 2. The van der Waals surface area contributed by atoms with Gasteiger partial charge in [0.15, 0.2) is 0 Å². The Morgan fingerprint density at radius 1 is 1.39 bits per heavy atom. The van der Waals surface area contributed by atoms with E-state index in [1.807, 2.05) is 0 Å². The molecule has 1 aliphatic rings. The molecule has 0 aliphatic carbocycles. The van der Waals surface area contributed by atoms with Crippen molar-refractivity contribution in [2.75, 3.05) is 25.9 Å². The van der Waals surface area contributed by atoms with E-state index in [0.717, 1.165) is 25.9 Å². The molecule has 1 aliphatic heterocycles. The number of hydrogen-bond donors (Lipinski definition) is 2. The number of amides is 1. The molecule has 0 radical (unpaired) electrons. The molecule has 4 nitrogen and oxygen atoms in total. The fourth-order valence-corrected chi connectivity index (χ4v) is 2.17. The number of carbonyl (C=O) groups excluding carboxylic acids is 1. The van der Waals surface area contributed by atoms with Gasteiger partial charge in [0, 0.05) is 17.3 Å². The molecule has 1 amide bonds. The van der Waals surface area contributed by atoms with Crippen LogP contribution in [0.1, 0.15) is 23.2 Å². The van der Waals surface area contributed by atoms with Gasteiger partial charge in [0.2, 0.25) is 0 Å². The smallest absolute Gasteiger partial charge is 0.251 e. The summed E-state index contributed by atoms with van der Waals surface area (Å²) < 4.78 is 13.2. The summed E-state index contributed by atoms with van der Waals surface area (Å²) in [6, 6.07) is 4.07. The van der Waals surface area contributed by atoms with Crippen LogP contribution in [0.25, 0.3) is 0 Å². The number of hydrogen-bond acceptors (Lipinski definition) is 3. The van der Waals surface area contributed by atoms with E-state index in [1.54, 1.807) is 0 Å². The number of anilines is 1. The van der Waals surface area contributed by atoms with Crippen LogP contribution < -0.4 is 11.1 Å². The molecule has 5 heteroatoms. The molecule has 18 heavy (non-hydrogen) atoms. The lowest BCUT2D eigenvalue weighted by molar-refractivity contribution is 0.0916. The summed E-state index contributed by atoms with van der Waals surface area (Å²) >= 11 is 0. The van der Waals surface area contributed by atoms with Gasteiger partial charge < -0.3 is 16.0 Å². The minimum Gasteiger partial charge on any atom is -0.399 e. The van der Waals surface area contributed by atoms with Crippen LogP contribution in [0.5, 0.6) is 0 Å². The zero-order chi connectivity index (χ0) is 13.1. The van der Waals surface area contributed by atoms with E-state index in [-0.39, 0.29) is 23.2 Å². The Morgan fingerprint density at radius 2 is 2.06 bits per heavy atom. The van der Waals surface area contributed by atoms with Crippen molar-refractivity contribution in [1.29, 1.82) is 0 Å². The molecule has 0 aromatic heterocycles. The highest BCUT2D eigenvalue weighted by molar-refractivity contribution is 5.95. The molecule has 1 heterocycles. The average Bonchev–Trinajstić information content (AvgIpc) is 2.31. The zero-order valence-electron chi connectivity index (χ0n) is 10.4. The van der Waals surface area contributed by atoms with E-state index in [1.165, 1.54) is 18.2 Å². The maximum Gasteiger partial charge on any atom is 0.251 e. The maximum atomic E-state index is 13.2. The van der Waals surface area contributed by atoms with Gasteiger partial charge in [-0.2, -0.15) is 0 Å². The Labute approximate surface area is 106 Å². The van der Waals surface area contributed by atoms with Crippen molar-refractivity contribution in [2.24, 2.45) is 0 Å². The summed E-state index contributed by atoms with van der Waals surface area (Å²) in [5, 5.41) is 2.92. The Bertz CT molecular complexity index is 422. The van der Waals surface area contributed by atoms with Gasteiger partial charge in [0.25, 0.3) is 5.91 Å².